The van der Waals surface area contributed by atoms with Gasteiger partial charge in [-0.2, -0.15) is 0 Å². The number of aryl methyl sites for hydroxylation is 1. The molecule has 5 nitrogen and oxygen atoms in total. The predicted octanol–water partition coefficient (Wildman–Crippen LogP) is 3.18. The molecule has 1 aromatic carbocycles. The molecule has 2 N–H and O–H groups in total. The molecule has 0 aliphatic rings. The molecule has 0 aliphatic carbocycles. The lowest BCUT2D eigenvalue weighted by molar-refractivity contribution is 0.614. The van der Waals surface area contributed by atoms with E-state index in [2.05, 4.69) is 27.5 Å². The van der Waals surface area contributed by atoms with Crippen molar-refractivity contribution in [2.75, 3.05) is 13.1 Å². The number of unbranched alkanes of at least 4 members (excludes halogenated alkanes) is 1. The topological polar surface area (TPSA) is 54.2 Å². The first kappa shape index (κ1) is 18.0. The third-order valence-corrected chi connectivity index (χ3v) is 3.68. The fraction of sp³-hybridized carbons (Fsp3) is 0.444. The molecule has 1 heterocycles. The van der Waals surface area contributed by atoms with E-state index < -0.39 is 0 Å². The molecule has 0 spiro atoms. The van der Waals surface area contributed by atoms with E-state index in [4.69, 9.17) is 0 Å². The third kappa shape index (κ3) is 4.81. The average Bonchev–Trinajstić information content (AvgIpc) is 2.99. The lowest BCUT2D eigenvalue weighted by atomic mass is 10.2. The lowest BCUT2D eigenvalue weighted by Crippen LogP contribution is -2.37. The number of nitrogens with zero attached hydrogens (tertiary/aromatic N) is 3. The SMILES string of the molecule is CCCCNC(=NCc1ccc(-n2ccnc2C)c(F)c1)NCC. The summed E-state index contributed by atoms with van der Waals surface area (Å²) in [6.45, 7) is 8.14. The van der Waals surface area contributed by atoms with E-state index in [1.165, 1.54) is 6.07 Å². The monoisotopic (exact) mass is 331 g/mol. The van der Waals surface area contributed by atoms with Crippen molar-refractivity contribution in [3.63, 3.8) is 0 Å². The highest BCUT2D eigenvalue weighted by molar-refractivity contribution is 5.79. The van der Waals surface area contributed by atoms with Gasteiger partial charge in [-0.25, -0.2) is 14.4 Å². The first-order valence-electron chi connectivity index (χ1n) is 8.46. The van der Waals surface area contributed by atoms with Crippen LogP contribution in [0.1, 0.15) is 38.1 Å². The maximum atomic E-state index is 14.4. The number of imidazole rings is 1. The van der Waals surface area contributed by atoms with E-state index in [0.717, 1.165) is 43.3 Å². The van der Waals surface area contributed by atoms with Gasteiger partial charge in [0.25, 0.3) is 0 Å². The standard InChI is InChI=1S/C18H26FN5/c1-4-6-9-22-18(20-5-2)23-13-15-7-8-17(16(19)12-15)24-11-10-21-14(24)3/h7-8,10-12H,4-6,9,13H2,1-3H3,(H2,20,22,23). The Labute approximate surface area is 143 Å². The summed E-state index contributed by atoms with van der Waals surface area (Å²) >= 11 is 0. The molecule has 1 aromatic heterocycles. The number of halogens is 1. The van der Waals surface area contributed by atoms with Crippen LogP contribution in [0.3, 0.4) is 0 Å². The predicted molar refractivity (Wildman–Crippen MR) is 96.0 cm³/mol. The van der Waals surface area contributed by atoms with Gasteiger partial charge in [0.1, 0.15) is 11.6 Å². The Hall–Kier alpha value is -2.37. The second kappa shape index (κ2) is 9.05. The summed E-state index contributed by atoms with van der Waals surface area (Å²) in [6, 6.07) is 5.21. The Morgan fingerprint density at radius 1 is 1.29 bits per heavy atom. The number of nitrogens with one attached hydrogen (secondary N) is 2. The summed E-state index contributed by atoms with van der Waals surface area (Å²) in [6.07, 6.45) is 5.65. The zero-order valence-electron chi connectivity index (χ0n) is 14.6. The average molecular weight is 331 g/mol. The Morgan fingerprint density at radius 3 is 2.75 bits per heavy atom. The van der Waals surface area contributed by atoms with E-state index in [-0.39, 0.29) is 5.82 Å². The van der Waals surface area contributed by atoms with Gasteiger partial charge >= 0.3 is 0 Å². The molecule has 0 fully saturated rings. The molecule has 0 radical (unpaired) electrons. The highest BCUT2D eigenvalue weighted by Gasteiger charge is 2.08. The van der Waals surface area contributed by atoms with Crippen molar-refractivity contribution in [3.05, 3.63) is 47.8 Å². The van der Waals surface area contributed by atoms with Crippen molar-refractivity contribution in [1.29, 1.82) is 0 Å². The minimum absolute atomic E-state index is 0.271. The van der Waals surface area contributed by atoms with Crippen molar-refractivity contribution in [1.82, 2.24) is 20.2 Å². The molecule has 2 aromatic rings. The summed E-state index contributed by atoms with van der Waals surface area (Å²) in [4.78, 5) is 8.65. The molecule has 24 heavy (non-hydrogen) atoms. The maximum Gasteiger partial charge on any atom is 0.191 e. The molecule has 0 aliphatic heterocycles. The fourth-order valence-electron chi connectivity index (χ4n) is 2.37. The van der Waals surface area contributed by atoms with Crippen molar-refractivity contribution < 1.29 is 4.39 Å². The number of aromatic nitrogens is 2. The largest absolute Gasteiger partial charge is 0.357 e. The second-order valence-electron chi connectivity index (χ2n) is 5.61. The molecule has 0 saturated carbocycles. The van der Waals surface area contributed by atoms with Crippen LogP contribution in [0, 0.1) is 12.7 Å². The molecule has 2 rings (SSSR count). The normalized spacial score (nSPS) is 11.6. The van der Waals surface area contributed by atoms with Crippen molar-refractivity contribution in [3.8, 4) is 5.69 Å². The molecule has 0 amide bonds. The number of hydrogen-bond acceptors (Lipinski definition) is 2. The van der Waals surface area contributed by atoms with Crippen LogP contribution in [0.4, 0.5) is 4.39 Å². The van der Waals surface area contributed by atoms with Gasteiger partial charge in [-0.1, -0.05) is 19.4 Å². The molecule has 0 unspecified atom stereocenters. The third-order valence-electron chi connectivity index (χ3n) is 3.68. The Kier molecular flexibility index (Phi) is 6.78. The second-order valence-corrected chi connectivity index (χ2v) is 5.61. The van der Waals surface area contributed by atoms with Gasteiger partial charge in [-0.3, -0.25) is 0 Å². The van der Waals surface area contributed by atoms with E-state index in [9.17, 15) is 4.39 Å². The van der Waals surface area contributed by atoms with Crippen LogP contribution < -0.4 is 10.6 Å². The van der Waals surface area contributed by atoms with Crippen LogP contribution in [0.5, 0.6) is 0 Å². The number of guanidine groups is 1. The van der Waals surface area contributed by atoms with Gasteiger partial charge in [0.15, 0.2) is 5.96 Å². The zero-order chi connectivity index (χ0) is 17.4. The van der Waals surface area contributed by atoms with Crippen molar-refractivity contribution >= 4 is 5.96 Å². The molecule has 0 saturated heterocycles. The van der Waals surface area contributed by atoms with Crippen molar-refractivity contribution in [2.24, 2.45) is 4.99 Å². The first-order chi connectivity index (χ1) is 11.7. The minimum Gasteiger partial charge on any atom is -0.357 e. The number of rotatable bonds is 7. The molecular weight excluding hydrogens is 305 g/mol. The lowest BCUT2D eigenvalue weighted by Gasteiger charge is -2.11. The molecule has 6 heteroatoms. The molecule has 0 bridgehead atoms. The highest BCUT2D eigenvalue weighted by Crippen LogP contribution is 2.17. The molecule has 130 valence electrons. The van der Waals surface area contributed by atoms with Crippen LogP contribution in [-0.4, -0.2) is 28.6 Å². The summed E-state index contributed by atoms with van der Waals surface area (Å²) in [5, 5.41) is 6.48. The summed E-state index contributed by atoms with van der Waals surface area (Å²) < 4.78 is 16.1. The highest BCUT2D eigenvalue weighted by atomic mass is 19.1. The van der Waals surface area contributed by atoms with Crippen LogP contribution in [-0.2, 0) is 6.54 Å². The number of benzene rings is 1. The Balaban J connectivity index is 2.08. The zero-order valence-corrected chi connectivity index (χ0v) is 14.6. The smallest absolute Gasteiger partial charge is 0.191 e. The van der Waals surface area contributed by atoms with Gasteiger partial charge in [-0.15, -0.1) is 0 Å². The van der Waals surface area contributed by atoms with Crippen LogP contribution in [0.2, 0.25) is 0 Å². The Morgan fingerprint density at radius 2 is 2.12 bits per heavy atom. The quantitative estimate of drug-likeness (QED) is 0.465. The minimum atomic E-state index is -0.271. The van der Waals surface area contributed by atoms with Gasteiger partial charge in [0, 0.05) is 25.5 Å². The summed E-state index contributed by atoms with van der Waals surface area (Å²) in [5.41, 5.74) is 1.34. The van der Waals surface area contributed by atoms with Gasteiger partial charge in [-0.05, 0) is 38.0 Å². The van der Waals surface area contributed by atoms with Crippen LogP contribution in [0.15, 0.2) is 35.6 Å². The van der Waals surface area contributed by atoms with Gasteiger partial charge in [0.2, 0.25) is 0 Å². The summed E-state index contributed by atoms with van der Waals surface area (Å²) in [7, 11) is 0. The molecule has 0 atom stereocenters. The first-order valence-corrected chi connectivity index (χ1v) is 8.46. The summed E-state index contributed by atoms with van der Waals surface area (Å²) in [5.74, 6) is 1.25. The number of aliphatic imine (C=N–C) groups is 1. The van der Waals surface area contributed by atoms with Gasteiger partial charge < -0.3 is 15.2 Å². The van der Waals surface area contributed by atoms with E-state index in [1.54, 1.807) is 23.0 Å². The van der Waals surface area contributed by atoms with Crippen molar-refractivity contribution in [2.45, 2.75) is 40.2 Å². The van der Waals surface area contributed by atoms with Gasteiger partial charge in [0.05, 0.1) is 12.2 Å². The maximum absolute atomic E-state index is 14.4. The fourth-order valence-corrected chi connectivity index (χ4v) is 2.37. The van der Waals surface area contributed by atoms with Crippen LogP contribution >= 0.6 is 0 Å². The van der Waals surface area contributed by atoms with E-state index >= 15 is 0 Å². The van der Waals surface area contributed by atoms with E-state index in [1.807, 2.05) is 19.9 Å². The van der Waals surface area contributed by atoms with E-state index in [0.29, 0.717) is 12.2 Å². The molecular formula is C18H26FN5. The van der Waals surface area contributed by atoms with Crippen LogP contribution in [0.25, 0.3) is 5.69 Å². The Bertz CT molecular complexity index is 678. The number of hydrogen-bond donors (Lipinski definition) is 2.